The third-order valence-corrected chi connectivity index (χ3v) is 7.38. The fourth-order valence-electron chi connectivity index (χ4n) is 4.87. The first-order valence-electron chi connectivity index (χ1n) is 17.5. The zero-order chi connectivity index (χ0) is 30.4. The Morgan fingerprint density at radius 1 is 0.415 bits per heavy atom. The largest absolute Gasteiger partial charge is 1.00 e. The van der Waals surface area contributed by atoms with Crippen LogP contribution in [-0.4, -0.2) is 23.8 Å². The molecule has 0 amide bonds. The normalized spacial score (nSPS) is 10.7. The van der Waals surface area contributed by atoms with E-state index in [9.17, 15) is 4.79 Å². The second kappa shape index (κ2) is 45.0. The Bertz CT molecular complexity index is 528. The van der Waals surface area contributed by atoms with Gasteiger partial charge in [-0.3, -0.25) is 9.11 Å². The second-order valence-corrected chi connectivity index (χ2v) is 12.5. The van der Waals surface area contributed by atoms with Crippen LogP contribution in [0.25, 0.3) is 0 Å². The van der Waals surface area contributed by atoms with E-state index in [1.807, 2.05) is 0 Å². The van der Waals surface area contributed by atoms with Crippen LogP contribution in [0.2, 0.25) is 0 Å². The zero-order valence-corrected chi connectivity index (χ0v) is 31.1. The second-order valence-electron chi connectivity index (χ2n) is 11.6. The minimum absolute atomic E-state index is 0. The first-order valence-corrected chi connectivity index (χ1v) is 18.9. The topological polar surface area (TPSA) is 91.7 Å². The van der Waals surface area contributed by atoms with Gasteiger partial charge in [0.1, 0.15) is 6.29 Å². The third kappa shape index (κ3) is 69.0. The van der Waals surface area contributed by atoms with Crippen molar-refractivity contribution in [3.63, 3.8) is 0 Å². The van der Waals surface area contributed by atoms with Crippen molar-refractivity contribution in [3.8, 4) is 0 Å². The fourth-order valence-corrected chi connectivity index (χ4v) is 4.87. The Kier molecular flexibility index (Phi) is 53.1. The quantitative estimate of drug-likeness (QED) is 0.0378. The van der Waals surface area contributed by atoms with Crippen LogP contribution in [0.3, 0.4) is 0 Å². The van der Waals surface area contributed by atoms with Crippen molar-refractivity contribution in [2.24, 2.45) is 0 Å². The molecule has 0 unspecified atom stereocenters. The van der Waals surface area contributed by atoms with E-state index in [2.05, 4.69) is 20.8 Å². The number of carbonyl (C=O) groups excluding carboxylic acids is 1. The zero-order valence-electron chi connectivity index (χ0n) is 29.3. The van der Waals surface area contributed by atoms with Gasteiger partial charge in [0.15, 0.2) is 0 Å². The molecule has 7 heteroatoms. The maximum atomic E-state index is 10.1. The average Bonchev–Trinajstić information content (AvgIpc) is 2.91. The van der Waals surface area contributed by atoms with Crippen molar-refractivity contribution in [2.75, 3.05) is 0 Å². The number of aldehydes is 1. The van der Waals surface area contributed by atoms with E-state index in [-0.39, 0.29) is 31.0 Å². The summed E-state index contributed by atoms with van der Waals surface area (Å²) in [5, 5.41) is 0. The molecule has 0 aliphatic heterocycles. The summed E-state index contributed by atoms with van der Waals surface area (Å²) in [5.74, 6) is 0. The summed E-state index contributed by atoms with van der Waals surface area (Å²) in [6.07, 6.45) is 43.0. The van der Waals surface area contributed by atoms with Crippen molar-refractivity contribution in [1.82, 2.24) is 0 Å². The predicted molar refractivity (Wildman–Crippen MR) is 177 cm³/mol. The Labute approximate surface area is 281 Å². The fraction of sp³-hybridized carbons (Fsp3) is 0.971. The molecule has 2 N–H and O–H groups in total. The van der Waals surface area contributed by atoms with Crippen molar-refractivity contribution < 1.29 is 53.3 Å². The number of carbonyl (C=O) groups is 1. The molecule has 0 heterocycles. The molecule has 0 bridgehead atoms. The van der Waals surface area contributed by atoms with E-state index in [1.165, 1.54) is 180 Å². The van der Waals surface area contributed by atoms with E-state index in [0.717, 1.165) is 19.1 Å². The molecule has 0 spiro atoms. The van der Waals surface area contributed by atoms with E-state index in [4.69, 9.17) is 17.5 Å². The van der Waals surface area contributed by atoms with Gasteiger partial charge in [0.25, 0.3) is 0 Å². The Hall–Kier alpha value is 0.540. The van der Waals surface area contributed by atoms with Gasteiger partial charge in [-0.2, -0.15) is 8.42 Å². The van der Waals surface area contributed by atoms with Crippen molar-refractivity contribution in [2.45, 2.75) is 213 Å². The third-order valence-electron chi connectivity index (χ3n) is 7.38. The number of hydrogen-bond donors (Lipinski definition) is 2. The molecule has 0 saturated carbocycles. The monoisotopic (exact) mass is 617 g/mol. The summed E-state index contributed by atoms with van der Waals surface area (Å²) in [4.78, 5) is 10.1. The molecule has 0 atom stereocenters. The minimum atomic E-state index is -4.67. The van der Waals surface area contributed by atoms with Gasteiger partial charge in [0.05, 0.1) is 0 Å². The molecule has 246 valence electrons. The van der Waals surface area contributed by atoms with E-state index in [1.54, 1.807) is 0 Å². The van der Waals surface area contributed by atoms with Gasteiger partial charge in [-0.15, -0.1) is 0 Å². The first kappa shape index (κ1) is 48.4. The Morgan fingerprint density at radius 3 is 0.707 bits per heavy atom. The van der Waals surface area contributed by atoms with E-state index in [0.29, 0.717) is 0 Å². The molecule has 0 aromatic heterocycles. The molecular formula is C34H73NaO5S. The molecule has 0 aromatic carbocycles. The number of unbranched alkanes of at least 4 members (excludes halogenated alkanes) is 28. The van der Waals surface area contributed by atoms with Crippen LogP contribution in [-0.2, 0) is 15.2 Å². The van der Waals surface area contributed by atoms with Gasteiger partial charge in [0.2, 0.25) is 0 Å². The summed E-state index contributed by atoms with van der Waals surface area (Å²) in [6.45, 7) is 6.86. The van der Waals surface area contributed by atoms with Crippen LogP contribution in [0.5, 0.6) is 0 Å². The summed E-state index contributed by atoms with van der Waals surface area (Å²) in [6, 6.07) is 0. The molecule has 0 aromatic rings. The number of rotatable bonds is 29. The molecule has 0 fully saturated rings. The molecule has 0 saturated heterocycles. The smallest absolute Gasteiger partial charge is 1.00 e. The average molecular weight is 617 g/mol. The molecular weight excluding hydrogens is 543 g/mol. The van der Waals surface area contributed by atoms with Gasteiger partial charge in [-0.1, -0.05) is 201 Å². The summed E-state index contributed by atoms with van der Waals surface area (Å²) in [7, 11) is -4.67. The Balaban J connectivity index is -0.000000181. The predicted octanol–water partition coefficient (Wildman–Crippen LogP) is 9.40. The van der Waals surface area contributed by atoms with E-state index < -0.39 is 10.4 Å². The van der Waals surface area contributed by atoms with Crippen LogP contribution in [0, 0.1) is 0 Å². The maximum Gasteiger partial charge on any atom is 1.00 e. The van der Waals surface area contributed by atoms with Crippen LogP contribution in [0.4, 0.5) is 0 Å². The van der Waals surface area contributed by atoms with Crippen molar-refractivity contribution in [3.05, 3.63) is 0 Å². The molecule has 0 rings (SSSR count). The van der Waals surface area contributed by atoms with Crippen LogP contribution >= 0.6 is 0 Å². The molecule has 0 aliphatic rings. The first-order chi connectivity index (χ1) is 19.3. The van der Waals surface area contributed by atoms with Crippen LogP contribution in [0.1, 0.15) is 215 Å². The van der Waals surface area contributed by atoms with Gasteiger partial charge >= 0.3 is 40.0 Å². The SMILES string of the molecule is CCCCCCCCCCCCCCCC.CCCCCCCCCCCCCCCCCC=O.O=S(=O)(O)O.[H-].[Na+]. The standard InChI is InChI=1S/C18H36O.C16H34.Na.H2O4S.H/c1-2-3-4-5-6-7-8-9-10-11-12-13-14-15-16-17-18-19;1-3-5-7-9-11-13-15-16-14-12-10-8-6-4-2;;1-5(2,3)4;/h18H,2-17H2,1H3;3-16H2,1-2H3;;(H2,1,2,3,4);/q;;+1;;-1. The van der Waals surface area contributed by atoms with Crippen molar-refractivity contribution >= 4 is 16.7 Å². The van der Waals surface area contributed by atoms with Crippen LogP contribution < -0.4 is 29.6 Å². The molecule has 0 aliphatic carbocycles. The van der Waals surface area contributed by atoms with Crippen molar-refractivity contribution in [1.29, 1.82) is 0 Å². The summed E-state index contributed by atoms with van der Waals surface area (Å²) < 4.78 is 31.6. The summed E-state index contributed by atoms with van der Waals surface area (Å²) >= 11 is 0. The number of hydrogen-bond acceptors (Lipinski definition) is 3. The van der Waals surface area contributed by atoms with Gasteiger partial charge in [-0.25, -0.2) is 0 Å². The molecule has 5 nitrogen and oxygen atoms in total. The minimum Gasteiger partial charge on any atom is -1.00 e. The van der Waals surface area contributed by atoms with Gasteiger partial charge in [0, 0.05) is 6.42 Å². The molecule has 41 heavy (non-hydrogen) atoms. The van der Waals surface area contributed by atoms with E-state index >= 15 is 0 Å². The van der Waals surface area contributed by atoms with Gasteiger partial charge < -0.3 is 6.22 Å². The summed E-state index contributed by atoms with van der Waals surface area (Å²) in [5.41, 5.74) is 0. The Morgan fingerprint density at radius 2 is 0.561 bits per heavy atom. The maximum absolute atomic E-state index is 10.1. The van der Waals surface area contributed by atoms with Crippen LogP contribution in [0.15, 0.2) is 0 Å². The molecule has 0 radical (unpaired) electrons. The van der Waals surface area contributed by atoms with Gasteiger partial charge in [-0.05, 0) is 6.42 Å².